The molecule has 3 heteroatoms. The van der Waals surface area contributed by atoms with E-state index in [1.807, 2.05) is 11.8 Å². The van der Waals surface area contributed by atoms with Gasteiger partial charge in [0.05, 0.1) is 18.0 Å². The fraction of sp³-hybridized carbons (Fsp3) is 0.500. The minimum absolute atomic E-state index is 0.133. The highest BCUT2D eigenvalue weighted by molar-refractivity contribution is 8.00. The van der Waals surface area contributed by atoms with E-state index in [0.29, 0.717) is 6.54 Å². The van der Waals surface area contributed by atoms with Crippen molar-refractivity contribution >= 4 is 11.8 Å². The number of benzene rings is 1. The molecule has 0 amide bonds. The third-order valence-electron chi connectivity index (χ3n) is 2.77. The summed E-state index contributed by atoms with van der Waals surface area (Å²) in [6.07, 6.45) is 1.09. The van der Waals surface area contributed by atoms with Gasteiger partial charge in [0.1, 0.15) is 0 Å². The van der Waals surface area contributed by atoms with Gasteiger partial charge in [-0.25, -0.2) is 0 Å². The minimum Gasteiger partial charge on any atom is -0.378 e. The highest BCUT2D eigenvalue weighted by Crippen LogP contribution is 2.37. The second-order valence-corrected chi connectivity index (χ2v) is 5.52. The second kappa shape index (κ2) is 4.56. The summed E-state index contributed by atoms with van der Waals surface area (Å²) in [7, 11) is 0. The molecule has 1 aliphatic heterocycles. The first-order valence-electron chi connectivity index (χ1n) is 5.34. The molecule has 1 aliphatic rings. The maximum Gasteiger partial charge on any atom is 0.0794 e. The van der Waals surface area contributed by atoms with Gasteiger partial charge in [-0.1, -0.05) is 19.1 Å². The first kappa shape index (κ1) is 11.0. The van der Waals surface area contributed by atoms with Crippen LogP contribution in [0.25, 0.3) is 0 Å². The molecule has 1 fully saturated rings. The Bertz CT molecular complexity index is 313. The van der Waals surface area contributed by atoms with E-state index in [9.17, 15) is 0 Å². The third-order valence-corrected chi connectivity index (χ3v) is 4.11. The van der Waals surface area contributed by atoms with Crippen LogP contribution in [0.2, 0.25) is 0 Å². The summed E-state index contributed by atoms with van der Waals surface area (Å²) in [6, 6.07) is 8.73. The number of hydrogen-bond acceptors (Lipinski definition) is 3. The average Bonchev–Trinajstić information content (AvgIpc) is 2.24. The zero-order valence-electron chi connectivity index (χ0n) is 9.03. The molecule has 1 aromatic carbocycles. The quantitative estimate of drug-likeness (QED) is 0.848. The molecule has 1 aromatic rings. The summed E-state index contributed by atoms with van der Waals surface area (Å²) in [5.74, 6) is 0. The lowest BCUT2D eigenvalue weighted by Gasteiger charge is -2.39. The molecule has 0 aliphatic carbocycles. The highest BCUT2D eigenvalue weighted by Gasteiger charge is 2.38. The van der Waals surface area contributed by atoms with Crippen molar-refractivity contribution in [3.05, 3.63) is 29.8 Å². The van der Waals surface area contributed by atoms with Crippen LogP contribution in [0.3, 0.4) is 0 Å². The predicted octanol–water partition coefficient (Wildman–Crippen LogP) is 2.07. The lowest BCUT2D eigenvalue weighted by Crippen LogP contribution is -2.52. The summed E-state index contributed by atoms with van der Waals surface area (Å²) in [5.41, 5.74) is 7.15. The first-order chi connectivity index (χ1) is 7.28. The van der Waals surface area contributed by atoms with Crippen LogP contribution in [0, 0.1) is 0 Å². The van der Waals surface area contributed by atoms with Gasteiger partial charge in [-0.05, 0) is 24.1 Å². The molecule has 0 atom stereocenters. The van der Waals surface area contributed by atoms with E-state index in [1.165, 1.54) is 10.5 Å². The second-order valence-electron chi connectivity index (χ2n) is 3.98. The number of thioether (sulfide) groups is 1. The Balaban J connectivity index is 2.03. The van der Waals surface area contributed by atoms with Crippen molar-refractivity contribution in [3.8, 4) is 0 Å². The Morgan fingerprint density at radius 3 is 2.40 bits per heavy atom. The molecular formula is C12H17NOS. The third kappa shape index (κ3) is 2.36. The Morgan fingerprint density at radius 1 is 1.33 bits per heavy atom. The number of ether oxygens (including phenoxy) is 1. The van der Waals surface area contributed by atoms with Gasteiger partial charge < -0.3 is 10.5 Å². The van der Waals surface area contributed by atoms with E-state index >= 15 is 0 Å². The molecule has 1 saturated heterocycles. The molecule has 0 unspecified atom stereocenters. The number of hydrogen-bond donors (Lipinski definition) is 1. The first-order valence-corrected chi connectivity index (χ1v) is 6.15. The maximum atomic E-state index is 5.77. The van der Waals surface area contributed by atoms with Crippen LogP contribution >= 0.6 is 11.8 Å². The standard InChI is InChI=1S/C12H17NOS/c1-2-10-3-5-11(6-4-10)15-12(7-13)8-14-9-12/h3-6H,2,7-9,13H2,1H3. The van der Waals surface area contributed by atoms with Gasteiger partial charge in [-0.3, -0.25) is 0 Å². The van der Waals surface area contributed by atoms with Crippen LogP contribution in [-0.4, -0.2) is 24.5 Å². The van der Waals surface area contributed by atoms with Gasteiger partial charge in [0, 0.05) is 11.4 Å². The van der Waals surface area contributed by atoms with Crippen LogP contribution < -0.4 is 5.73 Å². The Morgan fingerprint density at radius 2 is 2.00 bits per heavy atom. The zero-order chi connectivity index (χ0) is 10.7. The summed E-state index contributed by atoms with van der Waals surface area (Å²) in [4.78, 5) is 1.29. The van der Waals surface area contributed by atoms with Gasteiger partial charge >= 0.3 is 0 Å². The van der Waals surface area contributed by atoms with Gasteiger partial charge in [0.25, 0.3) is 0 Å². The van der Waals surface area contributed by atoms with E-state index in [-0.39, 0.29) is 4.75 Å². The lowest BCUT2D eigenvalue weighted by atomic mass is 10.1. The Labute approximate surface area is 95.2 Å². The summed E-state index contributed by atoms with van der Waals surface area (Å²) in [5, 5.41) is 0. The monoisotopic (exact) mass is 223 g/mol. The average molecular weight is 223 g/mol. The summed E-state index contributed by atoms with van der Waals surface area (Å²) >= 11 is 1.85. The molecule has 0 bridgehead atoms. The molecule has 15 heavy (non-hydrogen) atoms. The number of nitrogens with two attached hydrogens (primary N) is 1. The van der Waals surface area contributed by atoms with E-state index in [4.69, 9.17) is 10.5 Å². The van der Waals surface area contributed by atoms with Gasteiger partial charge in [0.2, 0.25) is 0 Å². The topological polar surface area (TPSA) is 35.2 Å². The van der Waals surface area contributed by atoms with Crippen molar-refractivity contribution in [2.24, 2.45) is 5.73 Å². The van der Waals surface area contributed by atoms with Crippen molar-refractivity contribution < 1.29 is 4.74 Å². The Kier molecular flexibility index (Phi) is 3.34. The molecule has 2 N–H and O–H groups in total. The molecule has 2 rings (SSSR count). The van der Waals surface area contributed by atoms with Gasteiger partial charge in [-0.2, -0.15) is 0 Å². The van der Waals surface area contributed by atoms with E-state index in [0.717, 1.165) is 19.6 Å². The summed E-state index contributed by atoms with van der Waals surface area (Å²) in [6.45, 7) is 4.42. The fourth-order valence-corrected chi connectivity index (χ4v) is 2.73. The molecule has 0 saturated carbocycles. The van der Waals surface area contributed by atoms with Crippen LogP contribution in [0.1, 0.15) is 12.5 Å². The van der Waals surface area contributed by atoms with Crippen molar-refractivity contribution in [2.75, 3.05) is 19.8 Å². The Hall–Kier alpha value is -0.510. The van der Waals surface area contributed by atoms with Crippen molar-refractivity contribution in [1.29, 1.82) is 0 Å². The van der Waals surface area contributed by atoms with Crippen molar-refractivity contribution in [1.82, 2.24) is 0 Å². The molecule has 0 aromatic heterocycles. The molecule has 0 radical (unpaired) electrons. The molecule has 0 spiro atoms. The molecule has 1 heterocycles. The fourth-order valence-electron chi connectivity index (χ4n) is 1.59. The van der Waals surface area contributed by atoms with Crippen molar-refractivity contribution in [3.63, 3.8) is 0 Å². The van der Waals surface area contributed by atoms with Crippen LogP contribution in [0.15, 0.2) is 29.2 Å². The molecule has 2 nitrogen and oxygen atoms in total. The zero-order valence-corrected chi connectivity index (χ0v) is 9.85. The minimum atomic E-state index is 0.133. The van der Waals surface area contributed by atoms with E-state index < -0.39 is 0 Å². The lowest BCUT2D eigenvalue weighted by molar-refractivity contribution is -0.00434. The van der Waals surface area contributed by atoms with Gasteiger partial charge in [0.15, 0.2) is 0 Å². The predicted molar refractivity (Wildman–Crippen MR) is 64.3 cm³/mol. The smallest absolute Gasteiger partial charge is 0.0794 e. The largest absolute Gasteiger partial charge is 0.378 e. The molecule has 82 valence electrons. The van der Waals surface area contributed by atoms with Crippen molar-refractivity contribution in [2.45, 2.75) is 23.0 Å². The van der Waals surface area contributed by atoms with Crippen LogP contribution in [0.5, 0.6) is 0 Å². The number of rotatable bonds is 4. The van der Waals surface area contributed by atoms with E-state index in [1.54, 1.807) is 0 Å². The van der Waals surface area contributed by atoms with Gasteiger partial charge in [-0.15, -0.1) is 11.8 Å². The molecular weight excluding hydrogens is 206 g/mol. The van der Waals surface area contributed by atoms with Crippen LogP contribution in [-0.2, 0) is 11.2 Å². The van der Waals surface area contributed by atoms with E-state index in [2.05, 4.69) is 31.2 Å². The summed E-state index contributed by atoms with van der Waals surface area (Å²) < 4.78 is 5.38. The maximum absolute atomic E-state index is 5.77. The highest BCUT2D eigenvalue weighted by atomic mass is 32.2. The number of aryl methyl sites for hydroxylation is 1. The SMILES string of the molecule is CCc1ccc(SC2(CN)COC2)cc1. The normalized spacial score (nSPS) is 18.5. The van der Waals surface area contributed by atoms with Crippen LogP contribution in [0.4, 0.5) is 0 Å².